The third-order valence-corrected chi connectivity index (χ3v) is 2.90. The van der Waals surface area contributed by atoms with Gasteiger partial charge in [-0.05, 0) is 32.4 Å². The largest absolute Gasteiger partial charge is 0.366 e. The average molecular weight is 223 g/mol. The first-order valence-corrected chi connectivity index (χ1v) is 5.66. The molecule has 0 fully saturated rings. The van der Waals surface area contributed by atoms with E-state index in [-0.39, 0.29) is 11.9 Å². The van der Waals surface area contributed by atoms with Crippen molar-refractivity contribution in [1.82, 2.24) is 0 Å². The minimum Gasteiger partial charge on any atom is -0.366 e. The number of hydrogen-bond donors (Lipinski definition) is 0. The second-order valence-electron chi connectivity index (χ2n) is 3.84. The fourth-order valence-electron chi connectivity index (χ4n) is 1.84. The van der Waals surface area contributed by atoms with Gasteiger partial charge in [-0.15, -0.1) is 0 Å². The average Bonchev–Trinajstić information content (AvgIpc) is 2.31. The summed E-state index contributed by atoms with van der Waals surface area (Å²) in [6.07, 6.45) is 1.63. The number of carbonyl (C=O) groups is 1. The van der Waals surface area contributed by atoms with Gasteiger partial charge in [0.05, 0.1) is 5.69 Å². The summed E-state index contributed by atoms with van der Waals surface area (Å²) in [7, 11) is 0. The fraction of sp³-hybridized carbons (Fsp3) is 0.462. The van der Waals surface area contributed by atoms with Gasteiger partial charge in [0, 0.05) is 18.2 Å². The summed E-state index contributed by atoms with van der Waals surface area (Å²) >= 11 is 0. The van der Waals surface area contributed by atoms with Crippen LogP contribution in [0.2, 0.25) is 0 Å². The number of benzene rings is 1. The van der Waals surface area contributed by atoms with Crippen LogP contribution in [0.1, 0.15) is 37.6 Å². The van der Waals surface area contributed by atoms with Gasteiger partial charge in [-0.25, -0.2) is 4.39 Å². The topological polar surface area (TPSA) is 20.3 Å². The van der Waals surface area contributed by atoms with Crippen molar-refractivity contribution in [3.8, 4) is 0 Å². The van der Waals surface area contributed by atoms with Crippen molar-refractivity contribution >= 4 is 12.0 Å². The second-order valence-corrected chi connectivity index (χ2v) is 3.84. The Kier molecular flexibility index (Phi) is 4.47. The number of nitrogens with zero attached hydrogens (tertiary/aromatic N) is 1. The van der Waals surface area contributed by atoms with Crippen LogP contribution < -0.4 is 4.90 Å². The maximum Gasteiger partial charge on any atom is 0.152 e. The highest BCUT2D eigenvalue weighted by atomic mass is 19.1. The van der Waals surface area contributed by atoms with Crippen molar-refractivity contribution in [1.29, 1.82) is 0 Å². The number of aldehydes is 1. The summed E-state index contributed by atoms with van der Waals surface area (Å²) in [5.41, 5.74) is 0.844. The van der Waals surface area contributed by atoms with E-state index in [0.29, 0.717) is 24.1 Å². The van der Waals surface area contributed by atoms with Crippen LogP contribution in [0.25, 0.3) is 0 Å². The fourth-order valence-corrected chi connectivity index (χ4v) is 1.84. The molecule has 0 saturated carbocycles. The van der Waals surface area contributed by atoms with E-state index < -0.39 is 0 Å². The van der Waals surface area contributed by atoms with E-state index in [1.807, 2.05) is 18.7 Å². The van der Waals surface area contributed by atoms with Crippen molar-refractivity contribution in [2.45, 2.75) is 33.2 Å². The van der Waals surface area contributed by atoms with Crippen molar-refractivity contribution in [3.63, 3.8) is 0 Å². The van der Waals surface area contributed by atoms with Crippen LogP contribution in [0.4, 0.5) is 10.1 Å². The van der Waals surface area contributed by atoms with E-state index in [9.17, 15) is 9.18 Å². The van der Waals surface area contributed by atoms with Gasteiger partial charge >= 0.3 is 0 Å². The molecule has 0 spiro atoms. The molecule has 1 rings (SSSR count). The molecule has 0 heterocycles. The lowest BCUT2D eigenvalue weighted by atomic mass is 10.1. The molecular formula is C13H18FNO. The molecule has 0 N–H and O–H groups in total. The zero-order valence-electron chi connectivity index (χ0n) is 10.0. The van der Waals surface area contributed by atoms with Gasteiger partial charge in [-0.2, -0.15) is 0 Å². The first-order chi connectivity index (χ1) is 7.65. The molecule has 1 aromatic carbocycles. The van der Waals surface area contributed by atoms with E-state index >= 15 is 0 Å². The van der Waals surface area contributed by atoms with E-state index in [2.05, 4.69) is 6.92 Å². The normalized spacial score (nSPS) is 12.2. The molecule has 0 aliphatic carbocycles. The zero-order chi connectivity index (χ0) is 12.1. The molecule has 0 radical (unpaired) electrons. The number of carbonyl (C=O) groups excluding carboxylic acids is 1. The van der Waals surface area contributed by atoms with Crippen molar-refractivity contribution in [3.05, 3.63) is 29.6 Å². The van der Waals surface area contributed by atoms with E-state index in [1.54, 1.807) is 12.1 Å². The lowest BCUT2D eigenvalue weighted by Gasteiger charge is -2.30. The molecule has 0 bridgehead atoms. The minimum atomic E-state index is -0.327. The Morgan fingerprint density at radius 2 is 2.12 bits per heavy atom. The van der Waals surface area contributed by atoms with Crippen LogP contribution in [0.5, 0.6) is 0 Å². The lowest BCUT2D eigenvalue weighted by molar-refractivity contribution is 0.112. The Bertz CT molecular complexity index is 365. The summed E-state index contributed by atoms with van der Waals surface area (Å²) in [4.78, 5) is 12.8. The highest BCUT2D eigenvalue weighted by molar-refractivity contribution is 5.84. The molecule has 1 unspecified atom stereocenters. The molecule has 0 saturated heterocycles. The predicted molar refractivity (Wildman–Crippen MR) is 64.6 cm³/mol. The van der Waals surface area contributed by atoms with Crippen LogP contribution >= 0.6 is 0 Å². The summed E-state index contributed by atoms with van der Waals surface area (Å²) < 4.78 is 13.8. The first-order valence-electron chi connectivity index (χ1n) is 5.66. The Morgan fingerprint density at radius 3 is 2.62 bits per heavy atom. The van der Waals surface area contributed by atoms with Gasteiger partial charge < -0.3 is 4.90 Å². The highest BCUT2D eigenvalue weighted by Crippen LogP contribution is 2.25. The molecule has 0 aliphatic heterocycles. The molecule has 0 amide bonds. The molecular weight excluding hydrogens is 205 g/mol. The van der Waals surface area contributed by atoms with Gasteiger partial charge in [0.15, 0.2) is 6.29 Å². The summed E-state index contributed by atoms with van der Waals surface area (Å²) in [5, 5.41) is 0. The third-order valence-electron chi connectivity index (χ3n) is 2.90. The SMILES string of the molecule is CCC(C)N(CC)c1c(F)cccc1C=O. The van der Waals surface area contributed by atoms with Crippen molar-refractivity contribution in [2.75, 3.05) is 11.4 Å². The Balaban J connectivity index is 3.22. The lowest BCUT2D eigenvalue weighted by Crippen LogP contribution is -2.33. The van der Waals surface area contributed by atoms with Crippen LogP contribution in [0.3, 0.4) is 0 Å². The van der Waals surface area contributed by atoms with Gasteiger partial charge in [0.2, 0.25) is 0 Å². The second kappa shape index (κ2) is 5.64. The van der Waals surface area contributed by atoms with Gasteiger partial charge in [0.25, 0.3) is 0 Å². The standard InChI is InChI=1S/C13H18FNO/c1-4-10(3)15(5-2)13-11(9-16)7-6-8-12(13)14/h6-10H,4-5H2,1-3H3. The number of halogens is 1. The van der Waals surface area contributed by atoms with E-state index in [4.69, 9.17) is 0 Å². The Labute approximate surface area is 96.1 Å². The van der Waals surface area contributed by atoms with Crippen LogP contribution in [0.15, 0.2) is 18.2 Å². The number of para-hydroxylation sites is 1. The Morgan fingerprint density at radius 1 is 1.44 bits per heavy atom. The van der Waals surface area contributed by atoms with Crippen molar-refractivity contribution < 1.29 is 9.18 Å². The molecule has 3 heteroatoms. The first kappa shape index (κ1) is 12.7. The number of hydrogen-bond acceptors (Lipinski definition) is 2. The smallest absolute Gasteiger partial charge is 0.152 e. The Hall–Kier alpha value is -1.38. The van der Waals surface area contributed by atoms with E-state index in [0.717, 1.165) is 6.42 Å². The summed E-state index contributed by atoms with van der Waals surface area (Å²) in [5.74, 6) is -0.327. The molecule has 2 nitrogen and oxygen atoms in total. The highest BCUT2D eigenvalue weighted by Gasteiger charge is 2.18. The van der Waals surface area contributed by atoms with Gasteiger partial charge in [-0.3, -0.25) is 4.79 Å². The maximum atomic E-state index is 13.8. The monoisotopic (exact) mass is 223 g/mol. The number of rotatable bonds is 5. The van der Waals surface area contributed by atoms with Crippen molar-refractivity contribution in [2.24, 2.45) is 0 Å². The zero-order valence-corrected chi connectivity index (χ0v) is 10.0. The van der Waals surface area contributed by atoms with E-state index in [1.165, 1.54) is 6.07 Å². The summed E-state index contributed by atoms with van der Waals surface area (Å²) in [6, 6.07) is 4.83. The van der Waals surface area contributed by atoms with Gasteiger partial charge in [0.1, 0.15) is 5.82 Å². The van der Waals surface area contributed by atoms with Crippen LogP contribution in [0, 0.1) is 5.82 Å². The summed E-state index contributed by atoms with van der Waals surface area (Å²) in [6.45, 7) is 6.74. The molecule has 16 heavy (non-hydrogen) atoms. The predicted octanol–water partition coefficient (Wildman–Crippen LogP) is 3.26. The molecule has 0 aromatic heterocycles. The van der Waals surface area contributed by atoms with Crippen LogP contribution in [-0.4, -0.2) is 18.9 Å². The molecule has 0 aliphatic rings. The minimum absolute atomic E-state index is 0.223. The molecule has 88 valence electrons. The third kappa shape index (κ3) is 2.40. The van der Waals surface area contributed by atoms with Crippen LogP contribution in [-0.2, 0) is 0 Å². The molecule has 1 atom stereocenters. The number of anilines is 1. The van der Waals surface area contributed by atoms with Gasteiger partial charge in [-0.1, -0.05) is 13.0 Å². The maximum absolute atomic E-state index is 13.8. The molecule has 1 aromatic rings. The quantitative estimate of drug-likeness (QED) is 0.714.